The molecule has 5 amide bonds. The summed E-state index contributed by atoms with van der Waals surface area (Å²) >= 11 is 6.71. The van der Waals surface area contributed by atoms with E-state index in [1.165, 1.54) is 28.0 Å². The number of carbonyl (C=O) groups is 5. The first-order chi connectivity index (χ1) is 25.5. The zero-order chi connectivity index (χ0) is 39.0. The number of alkyl carbamates (subject to hydrolysis) is 1. The SMILES string of the molecule is CC(C)(C)OC(=O)N[C@H]1CCCCC/C=C\[C@H]2C[C@@]2(C(=O)NS(=O)(=O)c2ccc(Cl)s2)NC(=O)[C@@H]2C[C@@H](OC(=O)N3Cc4cccc(F)c4C3)CN2C1=O. The Labute approximate surface area is 321 Å². The molecule has 1 aromatic carbocycles. The molecule has 0 spiro atoms. The van der Waals surface area contributed by atoms with Gasteiger partial charge in [-0.3, -0.25) is 19.3 Å². The number of nitrogens with one attached hydrogen (secondary N) is 3. The molecule has 1 saturated heterocycles. The van der Waals surface area contributed by atoms with Crippen LogP contribution in [0.5, 0.6) is 0 Å². The fourth-order valence-corrected chi connectivity index (χ4v) is 9.57. The molecule has 2 aromatic rings. The van der Waals surface area contributed by atoms with Crippen molar-refractivity contribution in [3.63, 3.8) is 0 Å². The smallest absolute Gasteiger partial charge is 0.410 e. The first kappa shape index (κ1) is 39.5. The molecule has 3 N–H and O–H groups in total. The summed E-state index contributed by atoms with van der Waals surface area (Å²) in [5.74, 6) is -3.34. The van der Waals surface area contributed by atoms with Gasteiger partial charge in [-0.2, -0.15) is 0 Å². The van der Waals surface area contributed by atoms with Gasteiger partial charge in [-0.25, -0.2) is 27.1 Å². The molecule has 18 heteroatoms. The van der Waals surface area contributed by atoms with Gasteiger partial charge >= 0.3 is 12.2 Å². The molecule has 292 valence electrons. The van der Waals surface area contributed by atoms with Crippen LogP contribution < -0.4 is 15.4 Å². The number of halogens is 2. The van der Waals surface area contributed by atoms with E-state index < -0.39 is 81.0 Å². The average Bonchev–Trinajstić information content (AvgIpc) is 3.46. The second-order valence-electron chi connectivity index (χ2n) is 15.0. The van der Waals surface area contributed by atoms with Gasteiger partial charge in [0.1, 0.15) is 39.4 Å². The first-order valence-electron chi connectivity index (χ1n) is 17.8. The van der Waals surface area contributed by atoms with Crippen molar-refractivity contribution in [2.75, 3.05) is 6.54 Å². The van der Waals surface area contributed by atoms with Crippen molar-refractivity contribution in [2.24, 2.45) is 5.92 Å². The highest BCUT2D eigenvalue weighted by Gasteiger charge is 2.62. The zero-order valence-corrected chi connectivity index (χ0v) is 32.5. The lowest BCUT2D eigenvalue weighted by molar-refractivity contribution is -0.141. The molecule has 0 radical (unpaired) electrons. The molecule has 0 bridgehead atoms. The van der Waals surface area contributed by atoms with E-state index in [1.54, 1.807) is 39.0 Å². The number of benzene rings is 1. The molecular formula is C36H43ClFN5O9S2. The molecule has 5 atom stereocenters. The van der Waals surface area contributed by atoms with Crippen LogP contribution in [0.1, 0.15) is 76.8 Å². The number of rotatable bonds is 5. The molecule has 4 heterocycles. The minimum atomic E-state index is -4.34. The van der Waals surface area contributed by atoms with E-state index in [4.69, 9.17) is 21.1 Å². The number of carbonyl (C=O) groups excluding carboxylic acids is 5. The van der Waals surface area contributed by atoms with Crippen LogP contribution >= 0.6 is 22.9 Å². The third-order valence-corrected chi connectivity index (χ3v) is 12.9. The van der Waals surface area contributed by atoms with Crippen molar-refractivity contribution in [1.29, 1.82) is 0 Å². The Morgan fingerprint density at radius 1 is 1.09 bits per heavy atom. The Balaban J connectivity index is 1.26. The van der Waals surface area contributed by atoms with Crippen molar-refractivity contribution in [3.05, 3.63) is 63.8 Å². The Morgan fingerprint density at radius 3 is 2.57 bits per heavy atom. The van der Waals surface area contributed by atoms with Crippen LogP contribution in [0.2, 0.25) is 4.34 Å². The first-order valence-corrected chi connectivity index (χ1v) is 20.5. The minimum absolute atomic E-state index is 0.0187. The number of allylic oxidation sites excluding steroid dienone is 1. The van der Waals surface area contributed by atoms with E-state index in [9.17, 15) is 36.8 Å². The maximum Gasteiger partial charge on any atom is 0.410 e. The minimum Gasteiger partial charge on any atom is -0.444 e. The van der Waals surface area contributed by atoms with E-state index in [1.807, 2.05) is 6.08 Å². The summed E-state index contributed by atoms with van der Waals surface area (Å²) in [5.41, 5.74) is -1.51. The van der Waals surface area contributed by atoms with Crippen molar-refractivity contribution < 1.29 is 46.3 Å². The van der Waals surface area contributed by atoms with E-state index in [-0.39, 0.29) is 47.4 Å². The molecule has 2 fully saturated rings. The van der Waals surface area contributed by atoms with Crippen molar-refractivity contribution >= 4 is 62.9 Å². The quantitative estimate of drug-likeness (QED) is 0.359. The summed E-state index contributed by atoms with van der Waals surface area (Å²) in [6.45, 7) is 4.92. The molecule has 6 rings (SSSR count). The number of hydrogen-bond donors (Lipinski definition) is 3. The van der Waals surface area contributed by atoms with Gasteiger partial charge in [0.15, 0.2) is 0 Å². The highest BCUT2D eigenvalue weighted by molar-refractivity contribution is 7.92. The Morgan fingerprint density at radius 2 is 1.87 bits per heavy atom. The molecule has 4 aliphatic rings. The van der Waals surface area contributed by atoms with E-state index >= 15 is 0 Å². The summed E-state index contributed by atoms with van der Waals surface area (Å²) in [7, 11) is -4.34. The van der Waals surface area contributed by atoms with Gasteiger partial charge in [0.2, 0.25) is 11.8 Å². The van der Waals surface area contributed by atoms with Gasteiger partial charge < -0.3 is 25.0 Å². The van der Waals surface area contributed by atoms with Gasteiger partial charge in [0.25, 0.3) is 15.9 Å². The third-order valence-electron chi connectivity index (χ3n) is 9.83. The predicted octanol–water partition coefficient (Wildman–Crippen LogP) is 4.76. The topological polar surface area (TPSA) is 181 Å². The fraction of sp³-hybridized carbons (Fsp3) is 0.528. The van der Waals surface area contributed by atoms with Gasteiger partial charge in [-0.15, -0.1) is 11.3 Å². The maximum atomic E-state index is 14.4. The van der Waals surface area contributed by atoms with Crippen molar-refractivity contribution in [2.45, 2.75) is 112 Å². The summed E-state index contributed by atoms with van der Waals surface area (Å²) in [6, 6.07) is 4.85. The number of ether oxygens (including phenoxy) is 2. The van der Waals surface area contributed by atoms with Gasteiger partial charge in [-0.05, 0) is 70.2 Å². The number of hydrogen-bond acceptors (Lipinski definition) is 10. The standard InChI is InChI=1S/C36H43ClFN5O9S2/c1-35(2,3)52-33(47)39-26-13-8-6-4-5-7-11-22-17-36(22,32(46)41-54(49,50)29-15-14-28(37)53-29)40-30(44)27-16-23(19-43(27)31(26)45)51-34(48)42-18-21-10-9-12-25(38)24(21)20-42/h7,9-12,14-15,22-23,26-27H,4-6,8,13,16-20H2,1-3H3,(H,39,47)(H,40,44)(H,41,46)/b11-7-/t22-,23+,26-,27-,36+/m0/s1. The molecule has 3 aliphatic heterocycles. The van der Waals surface area contributed by atoms with Crippen molar-refractivity contribution in [3.8, 4) is 0 Å². The number of sulfonamides is 1. The molecular weight excluding hydrogens is 765 g/mol. The summed E-state index contributed by atoms with van der Waals surface area (Å²) in [5, 5.41) is 5.41. The lowest BCUT2D eigenvalue weighted by Gasteiger charge is -2.30. The third kappa shape index (κ3) is 8.84. The van der Waals surface area contributed by atoms with Crippen molar-refractivity contribution in [1.82, 2.24) is 25.2 Å². The lowest BCUT2D eigenvalue weighted by atomic mass is 10.0. The van der Waals surface area contributed by atoms with Crippen LogP contribution in [0.3, 0.4) is 0 Å². The Kier molecular flexibility index (Phi) is 11.3. The molecule has 0 unspecified atom stereocenters. The fourth-order valence-electron chi connectivity index (χ4n) is 7.05. The average molecular weight is 808 g/mol. The number of thiophene rings is 1. The van der Waals surface area contributed by atoms with E-state index in [0.717, 1.165) is 17.8 Å². The number of amides is 5. The summed E-state index contributed by atoms with van der Waals surface area (Å²) in [4.78, 5) is 71.2. The molecule has 54 heavy (non-hydrogen) atoms. The molecule has 1 saturated carbocycles. The summed E-state index contributed by atoms with van der Waals surface area (Å²) < 4.78 is 54.1. The van der Waals surface area contributed by atoms with Crippen LogP contribution in [-0.2, 0) is 47.0 Å². The second kappa shape index (κ2) is 15.5. The second-order valence-corrected chi connectivity index (χ2v) is 18.6. The van der Waals surface area contributed by atoms with Crippen LogP contribution in [0.25, 0.3) is 0 Å². The monoisotopic (exact) mass is 807 g/mol. The predicted molar refractivity (Wildman–Crippen MR) is 195 cm³/mol. The van der Waals surface area contributed by atoms with Gasteiger partial charge in [-0.1, -0.05) is 48.7 Å². The number of nitrogens with zero attached hydrogens (tertiary/aromatic N) is 2. The normalized spacial score (nSPS) is 26.6. The molecule has 14 nitrogen and oxygen atoms in total. The van der Waals surface area contributed by atoms with Crippen LogP contribution in [-0.4, -0.2) is 84.0 Å². The van der Waals surface area contributed by atoms with E-state index in [0.29, 0.717) is 30.4 Å². The van der Waals surface area contributed by atoms with Crippen LogP contribution in [0, 0.1) is 11.7 Å². The number of fused-ring (bicyclic) bond motifs is 3. The highest BCUT2D eigenvalue weighted by Crippen LogP contribution is 2.46. The van der Waals surface area contributed by atoms with Crippen LogP contribution in [0.4, 0.5) is 14.0 Å². The largest absolute Gasteiger partial charge is 0.444 e. The zero-order valence-electron chi connectivity index (χ0n) is 30.1. The van der Waals surface area contributed by atoms with Gasteiger partial charge in [0, 0.05) is 24.4 Å². The molecule has 1 aliphatic carbocycles. The lowest BCUT2D eigenvalue weighted by Crippen LogP contribution is -2.58. The molecule has 1 aromatic heterocycles. The maximum absolute atomic E-state index is 14.4. The Bertz CT molecular complexity index is 1970. The van der Waals surface area contributed by atoms with Gasteiger partial charge in [0.05, 0.1) is 17.4 Å². The van der Waals surface area contributed by atoms with E-state index in [2.05, 4.69) is 15.4 Å². The summed E-state index contributed by atoms with van der Waals surface area (Å²) in [6.07, 6.45) is 3.83. The highest BCUT2D eigenvalue weighted by atomic mass is 35.5. The Hall–Kier alpha value is -4.22. The van der Waals surface area contributed by atoms with Crippen LogP contribution in [0.15, 0.2) is 46.7 Å².